The van der Waals surface area contributed by atoms with Gasteiger partial charge in [-0.3, -0.25) is 5.32 Å². The molecule has 9 heteroatoms. The minimum Gasteiger partial charge on any atom is -0.370 e. The molecule has 1 heterocycles. The van der Waals surface area contributed by atoms with Gasteiger partial charge in [-0.1, -0.05) is 23.4 Å². The van der Waals surface area contributed by atoms with Crippen molar-refractivity contribution in [3.8, 4) is 17.5 Å². The quantitative estimate of drug-likeness (QED) is 0.339. The number of rotatable bonds is 3. The van der Waals surface area contributed by atoms with Gasteiger partial charge in [-0.15, -0.1) is 11.3 Å². The minimum absolute atomic E-state index is 0.0312. The molecule has 0 radical (unpaired) electrons. The number of amidine groups is 1. The summed E-state index contributed by atoms with van der Waals surface area (Å²) in [6.07, 6.45) is 3.72. The Bertz CT molecular complexity index is 798. The van der Waals surface area contributed by atoms with Gasteiger partial charge in [0.2, 0.25) is 5.13 Å². The van der Waals surface area contributed by atoms with Crippen molar-refractivity contribution in [1.82, 2.24) is 10.3 Å². The number of aliphatic imine (C=N–C) groups is 2. The molecule has 23 heavy (non-hydrogen) atoms. The first kappa shape index (κ1) is 16.8. The highest BCUT2D eigenvalue weighted by molar-refractivity contribution is 8.13. The number of thiazole rings is 1. The van der Waals surface area contributed by atoms with Crippen molar-refractivity contribution in [3.63, 3.8) is 0 Å². The molecular weight excluding hydrogens is 330 g/mol. The maximum absolute atomic E-state index is 8.76. The summed E-state index contributed by atoms with van der Waals surface area (Å²) in [5.41, 5.74) is 14.1. The summed E-state index contributed by atoms with van der Waals surface area (Å²) in [6.45, 7) is 1.99. The van der Waals surface area contributed by atoms with Gasteiger partial charge in [-0.25, -0.2) is 9.98 Å². The van der Waals surface area contributed by atoms with Crippen LogP contribution in [0.3, 0.4) is 0 Å². The SMILES string of the molecule is CSC(=Nc1ccc(C)cc1-c1csc(N=C(N)N)n1)NC#N. The predicted molar refractivity (Wildman–Crippen MR) is 97.1 cm³/mol. The zero-order valence-electron chi connectivity index (χ0n) is 12.6. The standard InChI is InChI=1S/C14H15N7S2/c1-8-3-4-10(19-13(22-2)18-7-15)9(5-8)11-6-23-14(20-11)21-12(16)17/h3-6H,1-2H3,(H,18,19)(H4,16,17,20,21). The Morgan fingerprint density at radius 2 is 2.17 bits per heavy atom. The Balaban J connectivity index is 2.49. The van der Waals surface area contributed by atoms with Crippen molar-refractivity contribution in [2.24, 2.45) is 21.5 Å². The first-order chi connectivity index (χ1) is 11.0. The van der Waals surface area contributed by atoms with Crippen LogP contribution in [0.15, 0.2) is 33.6 Å². The third-order valence-corrected chi connectivity index (χ3v) is 4.04. The molecule has 0 atom stereocenters. The molecule has 0 fully saturated rings. The average molecular weight is 345 g/mol. The van der Waals surface area contributed by atoms with Crippen LogP contribution in [-0.4, -0.2) is 22.4 Å². The topological polar surface area (TPSA) is 125 Å². The van der Waals surface area contributed by atoms with E-state index in [1.165, 1.54) is 23.1 Å². The van der Waals surface area contributed by atoms with Gasteiger partial charge in [0, 0.05) is 10.9 Å². The first-order valence-electron chi connectivity index (χ1n) is 6.47. The molecule has 118 valence electrons. The summed E-state index contributed by atoms with van der Waals surface area (Å²) >= 11 is 2.70. The maximum Gasteiger partial charge on any atom is 0.212 e. The summed E-state index contributed by atoms with van der Waals surface area (Å²) in [6, 6.07) is 5.83. The molecule has 0 spiro atoms. The normalized spacial score (nSPS) is 10.9. The highest BCUT2D eigenvalue weighted by atomic mass is 32.2. The Kier molecular flexibility index (Phi) is 5.56. The Hall–Kier alpha value is -2.57. The van der Waals surface area contributed by atoms with E-state index in [-0.39, 0.29) is 5.96 Å². The van der Waals surface area contributed by atoms with Crippen LogP contribution in [0.2, 0.25) is 0 Å². The van der Waals surface area contributed by atoms with Crippen molar-refractivity contribution >= 4 is 45.0 Å². The molecule has 2 aromatic rings. The van der Waals surface area contributed by atoms with Gasteiger partial charge in [0.15, 0.2) is 17.3 Å². The number of nitrogens with one attached hydrogen (secondary N) is 1. The molecule has 2 rings (SSSR count). The van der Waals surface area contributed by atoms with Crippen molar-refractivity contribution in [3.05, 3.63) is 29.1 Å². The lowest BCUT2D eigenvalue weighted by atomic mass is 10.1. The second-order valence-corrected chi connectivity index (χ2v) is 6.06. The number of aryl methyl sites for hydroxylation is 1. The molecular formula is C14H15N7S2. The zero-order valence-corrected chi connectivity index (χ0v) is 14.2. The molecule has 0 aliphatic carbocycles. The fourth-order valence-electron chi connectivity index (χ4n) is 1.78. The van der Waals surface area contributed by atoms with Crippen LogP contribution >= 0.6 is 23.1 Å². The van der Waals surface area contributed by atoms with Gasteiger partial charge in [0.05, 0.1) is 11.4 Å². The van der Waals surface area contributed by atoms with Crippen LogP contribution in [0.5, 0.6) is 0 Å². The molecule has 0 saturated carbocycles. The lowest BCUT2D eigenvalue weighted by molar-refractivity contribution is 1.27. The van der Waals surface area contributed by atoms with Gasteiger partial charge in [-0.2, -0.15) is 10.3 Å². The molecule has 5 N–H and O–H groups in total. The van der Waals surface area contributed by atoms with Crippen LogP contribution in [0.4, 0.5) is 10.8 Å². The maximum atomic E-state index is 8.76. The van der Waals surface area contributed by atoms with Crippen LogP contribution in [0.1, 0.15) is 5.56 Å². The third kappa shape index (κ3) is 4.45. The largest absolute Gasteiger partial charge is 0.370 e. The van der Waals surface area contributed by atoms with E-state index in [1.807, 2.05) is 43.0 Å². The van der Waals surface area contributed by atoms with E-state index in [9.17, 15) is 0 Å². The molecule has 0 bridgehead atoms. The number of hydrogen-bond donors (Lipinski definition) is 3. The van der Waals surface area contributed by atoms with E-state index in [4.69, 9.17) is 16.7 Å². The second kappa shape index (κ2) is 7.62. The molecule has 0 amide bonds. The first-order valence-corrected chi connectivity index (χ1v) is 8.58. The smallest absolute Gasteiger partial charge is 0.212 e. The van der Waals surface area contributed by atoms with E-state index in [1.54, 1.807) is 0 Å². The Labute approximate surface area is 142 Å². The Morgan fingerprint density at radius 1 is 1.39 bits per heavy atom. The molecule has 7 nitrogen and oxygen atoms in total. The summed E-state index contributed by atoms with van der Waals surface area (Å²) in [4.78, 5) is 12.8. The summed E-state index contributed by atoms with van der Waals surface area (Å²) in [5, 5.41) is 14.2. The summed E-state index contributed by atoms with van der Waals surface area (Å²) in [7, 11) is 0. The van der Waals surface area contributed by atoms with Gasteiger partial charge in [0.25, 0.3) is 0 Å². The molecule has 1 aromatic heterocycles. The molecule has 1 aromatic carbocycles. The number of nitrogens with zero attached hydrogens (tertiary/aromatic N) is 4. The number of hydrogen-bond acceptors (Lipinski definition) is 6. The van der Waals surface area contributed by atoms with E-state index in [0.29, 0.717) is 16.0 Å². The minimum atomic E-state index is -0.0312. The van der Waals surface area contributed by atoms with Crippen molar-refractivity contribution in [1.29, 1.82) is 5.26 Å². The van der Waals surface area contributed by atoms with Crippen LogP contribution in [0, 0.1) is 18.4 Å². The third-order valence-electron chi connectivity index (χ3n) is 2.72. The fraction of sp³-hybridized carbons (Fsp3) is 0.143. The highest BCUT2D eigenvalue weighted by Gasteiger charge is 2.10. The zero-order chi connectivity index (χ0) is 16.8. The predicted octanol–water partition coefficient (Wildman–Crippen LogP) is 2.44. The van der Waals surface area contributed by atoms with Crippen LogP contribution < -0.4 is 16.8 Å². The van der Waals surface area contributed by atoms with Gasteiger partial charge in [-0.05, 0) is 25.3 Å². The summed E-state index contributed by atoms with van der Waals surface area (Å²) in [5.74, 6) is -0.0312. The second-order valence-electron chi connectivity index (χ2n) is 4.43. The number of benzene rings is 1. The van der Waals surface area contributed by atoms with E-state index in [2.05, 4.69) is 20.3 Å². The number of thioether (sulfide) groups is 1. The Morgan fingerprint density at radius 3 is 2.83 bits per heavy atom. The van der Waals surface area contributed by atoms with Gasteiger partial charge >= 0.3 is 0 Å². The van der Waals surface area contributed by atoms with E-state index in [0.717, 1.165) is 16.8 Å². The van der Waals surface area contributed by atoms with E-state index >= 15 is 0 Å². The number of aromatic nitrogens is 1. The van der Waals surface area contributed by atoms with Crippen LogP contribution in [0.25, 0.3) is 11.3 Å². The van der Waals surface area contributed by atoms with Crippen molar-refractivity contribution in [2.45, 2.75) is 6.92 Å². The highest BCUT2D eigenvalue weighted by Crippen LogP contribution is 2.34. The average Bonchev–Trinajstić information content (AvgIpc) is 2.95. The monoisotopic (exact) mass is 345 g/mol. The summed E-state index contributed by atoms with van der Waals surface area (Å²) < 4.78 is 0. The molecule has 0 unspecified atom stereocenters. The molecule has 0 aliphatic rings. The van der Waals surface area contributed by atoms with Gasteiger partial charge < -0.3 is 11.5 Å². The fourth-order valence-corrected chi connectivity index (χ4v) is 2.83. The van der Waals surface area contributed by atoms with E-state index < -0.39 is 0 Å². The molecule has 0 saturated heterocycles. The number of nitrogens with two attached hydrogens (primary N) is 2. The number of nitriles is 1. The van der Waals surface area contributed by atoms with Crippen molar-refractivity contribution in [2.75, 3.05) is 6.26 Å². The lowest BCUT2D eigenvalue weighted by Gasteiger charge is -2.06. The van der Waals surface area contributed by atoms with Crippen LogP contribution in [-0.2, 0) is 0 Å². The lowest BCUT2D eigenvalue weighted by Crippen LogP contribution is -2.21. The van der Waals surface area contributed by atoms with Crippen molar-refractivity contribution < 1.29 is 0 Å². The molecule has 0 aliphatic heterocycles. The number of guanidine groups is 1. The van der Waals surface area contributed by atoms with Gasteiger partial charge in [0.1, 0.15) is 0 Å².